The Hall–Kier alpha value is -4.22. The summed E-state index contributed by atoms with van der Waals surface area (Å²) >= 11 is 14.1. The largest absolute Gasteiger partial charge is 0.496 e. The van der Waals surface area contributed by atoms with Gasteiger partial charge in [0.25, 0.3) is 0 Å². The van der Waals surface area contributed by atoms with Gasteiger partial charge in [-0.1, -0.05) is 59.6 Å². The van der Waals surface area contributed by atoms with Gasteiger partial charge in [0.15, 0.2) is 0 Å². The van der Waals surface area contributed by atoms with Gasteiger partial charge in [0.1, 0.15) is 5.75 Å². The molecule has 10 nitrogen and oxygen atoms in total. The minimum Gasteiger partial charge on any atom is -0.496 e. The summed E-state index contributed by atoms with van der Waals surface area (Å²) in [4.78, 5) is 36.0. The minimum atomic E-state index is 0.0899. The first-order valence-corrected chi connectivity index (χ1v) is 16.5. The SMILES string of the molecule is COc1cc(-c2nccc(-c3cccc(-c4ccc(CNC5CN(C(C)=O)C5)c(OC)n4)c3Cl)c2Cl)ccc1CNC1CN(C(C)=O)C1. The van der Waals surface area contributed by atoms with Gasteiger partial charge in [-0.25, -0.2) is 4.98 Å². The fraction of sp³-hybridized carbons (Fsp3) is 0.333. The van der Waals surface area contributed by atoms with Crippen LogP contribution in [0.25, 0.3) is 33.6 Å². The van der Waals surface area contributed by atoms with E-state index in [1.54, 1.807) is 39.2 Å². The number of aromatic nitrogens is 2. The molecular formula is C36H38Cl2N6O4. The molecule has 2 amide bonds. The Morgan fingerprint density at radius 3 is 2.02 bits per heavy atom. The third-order valence-electron chi connectivity index (χ3n) is 8.96. The fourth-order valence-corrected chi connectivity index (χ4v) is 6.64. The smallest absolute Gasteiger partial charge is 0.219 e. The summed E-state index contributed by atoms with van der Waals surface area (Å²) in [5.41, 5.74) is 6.24. The molecule has 2 aromatic heterocycles. The first-order chi connectivity index (χ1) is 23.2. The molecule has 12 heteroatoms. The number of pyridine rings is 2. The Bertz CT molecular complexity index is 1710. The van der Waals surface area contributed by atoms with Crippen molar-refractivity contribution >= 4 is 35.0 Å². The van der Waals surface area contributed by atoms with E-state index in [0.717, 1.165) is 39.1 Å². The number of methoxy groups -OCH3 is 2. The van der Waals surface area contributed by atoms with Crippen LogP contribution in [0.1, 0.15) is 25.0 Å². The second-order valence-electron chi connectivity index (χ2n) is 12.1. The molecule has 4 heterocycles. The van der Waals surface area contributed by atoms with E-state index in [1.165, 1.54) is 0 Å². The van der Waals surface area contributed by atoms with Crippen LogP contribution < -0.4 is 20.1 Å². The van der Waals surface area contributed by atoms with Gasteiger partial charge in [-0.15, -0.1) is 0 Å². The molecule has 0 bridgehead atoms. The number of ether oxygens (including phenoxy) is 2. The van der Waals surface area contributed by atoms with E-state index in [1.807, 2.05) is 59.5 Å². The highest BCUT2D eigenvalue weighted by Crippen LogP contribution is 2.42. The van der Waals surface area contributed by atoms with E-state index in [2.05, 4.69) is 15.6 Å². The summed E-state index contributed by atoms with van der Waals surface area (Å²) in [5.74, 6) is 1.41. The van der Waals surface area contributed by atoms with Crippen molar-refractivity contribution in [3.63, 3.8) is 0 Å². The second-order valence-corrected chi connectivity index (χ2v) is 12.8. The molecule has 2 aromatic carbocycles. The molecular weight excluding hydrogens is 651 g/mol. The van der Waals surface area contributed by atoms with Crippen LogP contribution in [-0.2, 0) is 22.7 Å². The second kappa shape index (κ2) is 14.5. The van der Waals surface area contributed by atoms with Crippen LogP contribution in [0.5, 0.6) is 11.6 Å². The molecule has 0 unspecified atom stereocenters. The number of hydrogen-bond acceptors (Lipinski definition) is 8. The Morgan fingerprint density at radius 2 is 1.40 bits per heavy atom. The number of amides is 2. The summed E-state index contributed by atoms with van der Waals surface area (Å²) < 4.78 is 11.4. The number of likely N-dealkylation sites (tertiary alicyclic amines) is 2. The number of carbonyl (C=O) groups excluding carboxylic acids is 2. The third-order valence-corrected chi connectivity index (χ3v) is 9.75. The number of halogens is 2. The molecule has 0 aliphatic carbocycles. The molecule has 0 atom stereocenters. The average Bonchev–Trinajstić information content (AvgIpc) is 3.03. The van der Waals surface area contributed by atoms with Crippen LogP contribution in [0.15, 0.2) is 60.8 Å². The van der Waals surface area contributed by atoms with Crippen molar-refractivity contribution in [2.45, 2.75) is 39.0 Å². The molecule has 4 aromatic rings. The lowest BCUT2D eigenvalue weighted by atomic mass is 9.99. The molecule has 2 saturated heterocycles. The van der Waals surface area contributed by atoms with Gasteiger partial charge < -0.3 is 29.9 Å². The Morgan fingerprint density at radius 1 is 0.792 bits per heavy atom. The average molecular weight is 690 g/mol. The van der Waals surface area contributed by atoms with E-state index in [9.17, 15) is 9.59 Å². The monoisotopic (exact) mass is 688 g/mol. The Kier molecular flexibility index (Phi) is 10.2. The predicted molar refractivity (Wildman–Crippen MR) is 187 cm³/mol. The number of nitrogens with one attached hydrogen (secondary N) is 2. The summed E-state index contributed by atoms with van der Waals surface area (Å²) in [5, 5.41) is 7.94. The summed E-state index contributed by atoms with van der Waals surface area (Å²) in [6, 6.07) is 18.0. The van der Waals surface area contributed by atoms with Gasteiger partial charge in [0, 0.05) is 105 Å². The van der Waals surface area contributed by atoms with E-state index in [-0.39, 0.29) is 23.9 Å². The van der Waals surface area contributed by atoms with Crippen LogP contribution >= 0.6 is 23.2 Å². The topological polar surface area (TPSA) is 109 Å². The zero-order valence-electron chi connectivity index (χ0n) is 27.3. The standard InChI is InChI=1S/C36H38Cl2N6O4/c1-21(45)43-17-26(18-43)40-15-24-9-8-23(14-32(24)47-3)35-34(38)29(12-13-39-35)28-6-5-7-30(33(28)37)31-11-10-25(36(42-31)48-4)16-41-27-19-44(20-27)22(2)46/h5-14,26-27,40-41H,15-20H2,1-4H3. The summed E-state index contributed by atoms with van der Waals surface area (Å²) in [7, 11) is 3.24. The number of hydrogen-bond donors (Lipinski definition) is 2. The number of benzene rings is 2. The molecule has 250 valence electrons. The molecule has 2 fully saturated rings. The molecule has 2 N–H and O–H groups in total. The van der Waals surface area contributed by atoms with Crippen molar-refractivity contribution in [3.8, 4) is 45.3 Å². The maximum Gasteiger partial charge on any atom is 0.219 e. The van der Waals surface area contributed by atoms with Gasteiger partial charge in [-0.3, -0.25) is 14.6 Å². The maximum absolute atomic E-state index is 11.5. The lowest BCUT2D eigenvalue weighted by Gasteiger charge is -2.39. The maximum atomic E-state index is 11.5. The highest BCUT2D eigenvalue weighted by molar-refractivity contribution is 6.39. The summed E-state index contributed by atoms with van der Waals surface area (Å²) in [6.07, 6.45) is 1.72. The first-order valence-electron chi connectivity index (χ1n) is 15.8. The molecule has 0 radical (unpaired) electrons. The van der Waals surface area contributed by atoms with Gasteiger partial charge in [0.05, 0.1) is 35.7 Å². The zero-order valence-corrected chi connectivity index (χ0v) is 28.9. The predicted octanol–water partition coefficient (Wildman–Crippen LogP) is 5.44. The number of nitrogens with zero attached hydrogens (tertiary/aromatic N) is 4. The lowest BCUT2D eigenvalue weighted by Crippen LogP contribution is -2.59. The van der Waals surface area contributed by atoms with Crippen molar-refractivity contribution < 1.29 is 19.1 Å². The molecule has 2 aliphatic rings. The summed E-state index contributed by atoms with van der Waals surface area (Å²) in [6.45, 7) is 7.17. The van der Waals surface area contributed by atoms with Gasteiger partial charge in [0.2, 0.25) is 17.7 Å². The van der Waals surface area contributed by atoms with Crippen molar-refractivity contribution in [1.29, 1.82) is 0 Å². The van der Waals surface area contributed by atoms with Crippen molar-refractivity contribution in [1.82, 2.24) is 30.4 Å². The van der Waals surface area contributed by atoms with Crippen LogP contribution in [-0.4, -0.2) is 84.1 Å². The Labute approximate surface area is 290 Å². The minimum absolute atomic E-state index is 0.0899. The van der Waals surface area contributed by atoms with Gasteiger partial charge in [-0.05, 0) is 18.2 Å². The highest BCUT2D eigenvalue weighted by Gasteiger charge is 2.29. The van der Waals surface area contributed by atoms with Gasteiger partial charge >= 0.3 is 0 Å². The van der Waals surface area contributed by atoms with Crippen molar-refractivity contribution in [2.24, 2.45) is 0 Å². The zero-order chi connectivity index (χ0) is 33.9. The highest BCUT2D eigenvalue weighted by atomic mass is 35.5. The van der Waals surface area contributed by atoms with E-state index in [4.69, 9.17) is 37.7 Å². The van der Waals surface area contributed by atoms with Crippen LogP contribution in [0.4, 0.5) is 0 Å². The lowest BCUT2D eigenvalue weighted by molar-refractivity contribution is -0.134. The molecule has 48 heavy (non-hydrogen) atoms. The normalized spacial score (nSPS) is 14.8. The fourth-order valence-electron chi connectivity index (χ4n) is 6.00. The van der Waals surface area contributed by atoms with Gasteiger partial charge in [-0.2, -0.15) is 0 Å². The quantitative estimate of drug-likeness (QED) is 0.215. The van der Waals surface area contributed by atoms with Crippen molar-refractivity contribution in [2.75, 3.05) is 40.4 Å². The van der Waals surface area contributed by atoms with Crippen LogP contribution in [0.2, 0.25) is 10.0 Å². The molecule has 2 aliphatic heterocycles. The third kappa shape index (κ3) is 6.98. The molecule has 0 saturated carbocycles. The van der Waals surface area contributed by atoms with Crippen LogP contribution in [0.3, 0.4) is 0 Å². The number of carbonyl (C=O) groups is 2. The van der Waals surface area contributed by atoms with E-state index >= 15 is 0 Å². The van der Waals surface area contributed by atoms with Crippen molar-refractivity contribution in [3.05, 3.63) is 82.0 Å². The number of rotatable bonds is 11. The van der Waals surface area contributed by atoms with E-state index in [0.29, 0.717) is 66.6 Å². The first kappa shape index (κ1) is 33.7. The molecule has 6 rings (SSSR count). The molecule has 0 spiro atoms. The van der Waals surface area contributed by atoms with Crippen LogP contribution in [0, 0.1) is 0 Å². The van der Waals surface area contributed by atoms with E-state index < -0.39 is 0 Å². The Balaban J connectivity index is 1.21.